The first-order valence-electron chi connectivity index (χ1n) is 6.48. The molecule has 2 aromatic carbocycles. The summed E-state index contributed by atoms with van der Waals surface area (Å²) in [4.78, 5) is 1.98. The van der Waals surface area contributed by atoms with Gasteiger partial charge in [-0.3, -0.25) is 0 Å². The smallest absolute Gasteiger partial charge is 0.130 e. The Morgan fingerprint density at radius 3 is 2.60 bits per heavy atom. The Labute approximate surface area is 124 Å². The second-order valence-electron chi connectivity index (χ2n) is 4.95. The highest BCUT2D eigenvalue weighted by Crippen LogP contribution is 2.28. The van der Waals surface area contributed by atoms with E-state index in [2.05, 4.69) is 0 Å². The van der Waals surface area contributed by atoms with E-state index in [0.717, 1.165) is 11.3 Å². The van der Waals surface area contributed by atoms with Gasteiger partial charge in [0.2, 0.25) is 0 Å². The molecule has 0 saturated heterocycles. The van der Waals surface area contributed by atoms with Gasteiger partial charge in [0.1, 0.15) is 5.82 Å². The molecule has 0 amide bonds. The molecule has 106 valence electrons. The SMILES string of the molecule is C[C@H](N)c1c(F)cccc1N(C)Cc1cccc(Cl)c1. The first kappa shape index (κ1) is 14.8. The number of nitrogens with zero attached hydrogens (tertiary/aromatic N) is 1. The summed E-state index contributed by atoms with van der Waals surface area (Å²) < 4.78 is 13.9. The van der Waals surface area contributed by atoms with Gasteiger partial charge in [0.05, 0.1) is 0 Å². The van der Waals surface area contributed by atoms with Crippen molar-refractivity contribution in [3.63, 3.8) is 0 Å². The van der Waals surface area contributed by atoms with Crippen LogP contribution in [0.3, 0.4) is 0 Å². The van der Waals surface area contributed by atoms with Gasteiger partial charge >= 0.3 is 0 Å². The number of halogens is 2. The van der Waals surface area contributed by atoms with E-state index in [1.807, 2.05) is 42.3 Å². The minimum Gasteiger partial charge on any atom is -0.370 e. The molecule has 2 N–H and O–H groups in total. The van der Waals surface area contributed by atoms with Gasteiger partial charge in [0.25, 0.3) is 0 Å². The van der Waals surface area contributed by atoms with Gasteiger partial charge in [-0.2, -0.15) is 0 Å². The topological polar surface area (TPSA) is 29.3 Å². The van der Waals surface area contributed by atoms with Crippen LogP contribution in [0.15, 0.2) is 42.5 Å². The summed E-state index contributed by atoms with van der Waals surface area (Å²) in [5.74, 6) is -0.268. The van der Waals surface area contributed by atoms with Crippen molar-refractivity contribution in [3.05, 3.63) is 64.4 Å². The molecule has 4 heteroatoms. The van der Waals surface area contributed by atoms with Crippen molar-refractivity contribution in [2.75, 3.05) is 11.9 Å². The normalized spacial score (nSPS) is 12.2. The molecule has 0 heterocycles. The van der Waals surface area contributed by atoms with E-state index < -0.39 is 0 Å². The van der Waals surface area contributed by atoms with Crippen LogP contribution >= 0.6 is 11.6 Å². The number of anilines is 1. The number of benzene rings is 2. The van der Waals surface area contributed by atoms with Crippen molar-refractivity contribution < 1.29 is 4.39 Å². The van der Waals surface area contributed by atoms with Crippen LogP contribution in [-0.2, 0) is 6.54 Å². The highest BCUT2D eigenvalue weighted by atomic mass is 35.5. The molecule has 2 aromatic rings. The van der Waals surface area contributed by atoms with Gasteiger partial charge in [0, 0.05) is 35.9 Å². The summed E-state index contributed by atoms with van der Waals surface area (Å²) in [7, 11) is 1.92. The van der Waals surface area contributed by atoms with Crippen LogP contribution in [0.1, 0.15) is 24.1 Å². The molecule has 0 fully saturated rings. The van der Waals surface area contributed by atoms with Crippen molar-refractivity contribution >= 4 is 17.3 Å². The second-order valence-corrected chi connectivity index (χ2v) is 5.38. The summed E-state index contributed by atoms with van der Waals surface area (Å²) in [6.45, 7) is 2.43. The Bertz CT molecular complexity index is 599. The first-order chi connectivity index (χ1) is 9.49. The lowest BCUT2D eigenvalue weighted by molar-refractivity contribution is 0.592. The molecule has 0 aliphatic carbocycles. The zero-order valence-electron chi connectivity index (χ0n) is 11.6. The fourth-order valence-corrected chi connectivity index (χ4v) is 2.52. The molecule has 0 spiro atoms. The van der Waals surface area contributed by atoms with Gasteiger partial charge in [-0.25, -0.2) is 4.39 Å². The lowest BCUT2D eigenvalue weighted by Crippen LogP contribution is -2.21. The molecule has 20 heavy (non-hydrogen) atoms. The average molecular weight is 293 g/mol. The van der Waals surface area contributed by atoms with Gasteiger partial charge in [-0.05, 0) is 36.8 Å². The predicted molar refractivity (Wildman–Crippen MR) is 82.6 cm³/mol. The lowest BCUT2D eigenvalue weighted by Gasteiger charge is -2.24. The predicted octanol–water partition coefficient (Wildman–Crippen LogP) is 4.14. The molecule has 0 aliphatic rings. The molecule has 2 nitrogen and oxygen atoms in total. The fraction of sp³-hybridized carbons (Fsp3) is 0.250. The largest absolute Gasteiger partial charge is 0.370 e. The van der Waals surface area contributed by atoms with Crippen molar-refractivity contribution in [2.24, 2.45) is 5.73 Å². The molecule has 0 aliphatic heterocycles. The quantitative estimate of drug-likeness (QED) is 0.918. The standard InChI is InChI=1S/C16H18ClFN2/c1-11(19)16-14(18)7-4-8-15(16)20(2)10-12-5-3-6-13(17)9-12/h3-9,11H,10,19H2,1-2H3/t11-/m0/s1. The van der Waals surface area contributed by atoms with Crippen LogP contribution in [0.2, 0.25) is 5.02 Å². The minimum absolute atomic E-state index is 0.268. The van der Waals surface area contributed by atoms with Gasteiger partial charge in [-0.15, -0.1) is 0 Å². The maximum atomic E-state index is 13.9. The molecule has 0 unspecified atom stereocenters. The maximum absolute atomic E-state index is 13.9. The molecule has 0 radical (unpaired) electrons. The van der Waals surface area contributed by atoms with E-state index in [0.29, 0.717) is 17.1 Å². The van der Waals surface area contributed by atoms with E-state index in [1.54, 1.807) is 13.0 Å². The van der Waals surface area contributed by atoms with Crippen LogP contribution in [0.5, 0.6) is 0 Å². The monoisotopic (exact) mass is 292 g/mol. The summed E-state index contributed by atoms with van der Waals surface area (Å²) in [6, 6.07) is 12.3. The Balaban J connectivity index is 2.30. The zero-order valence-corrected chi connectivity index (χ0v) is 12.4. The molecule has 0 bridgehead atoms. The van der Waals surface area contributed by atoms with Crippen LogP contribution in [0.4, 0.5) is 10.1 Å². The van der Waals surface area contributed by atoms with E-state index >= 15 is 0 Å². The summed E-state index contributed by atoms with van der Waals surface area (Å²) in [5.41, 5.74) is 8.30. The number of rotatable bonds is 4. The maximum Gasteiger partial charge on any atom is 0.130 e. The summed E-state index contributed by atoms with van der Waals surface area (Å²) in [6.07, 6.45) is 0. The highest BCUT2D eigenvalue weighted by Gasteiger charge is 2.15. The highest BCUT2D eigenvalue weighted by molar-refractivity contribution is 6.30. The van der Waals surface area contributed by atoms with Crippen LogP contribution < -0.4 is 10.6 Å². The Hall–Kier alpha value is -1.58. The van der Waals surface area contributed by atoms with Crippen LogP contribution in [-0.4, -0.2) is 7.05 Å². The van der Waals surface area contributed by atoms with Gasteiger partial charge in [-0.1, -0.05) is 29.8 Å². The van der Waals surface area contributed by atoms with Crippen molar-refractivity contribution in [2.45, 2.75) is 19.5 Å². The molecule has 1 atom stereocenters. The van der Waals surface area contributed by atoms with E-state index in [1.165, 1.54) is 6.07 Å². The van der Waals surface area contributed by atoms with E-state index in [4.69, 9.17) is 17.3 Å². The Morgan fingerprint density at radius 1 is 1.25 bits per heavy atom. The number of hydrogen-bond donors (Lipinski definition) is 1. The second kappa shape index (κ2) is 6.25. The first-order valence-corrected chi connectivity index (χ1v) is 6.86. The average Bonchev–Trinajstić information content (AvgIpc) is 2.37. The third-order valence-corrected chi connectivity index (χ3v) is 3.44. The van der Waals surface area contributed by atoms with Crippen LogP contribution in [0.25, 0.3) is 0 Å². The minimum atomic E-state index is -0.354. The van der Waals surface area contributed by atoms with Crippen LogP contribution in [0, 0.1) is 5.82 Å². The van der Waals surface area contributed by atoms with Crippen molar-refractivity contribution in [1.82, 2.24) is 0 Å². The van der Waals surface area contributed by atoms with Gasteiger partial charge < -0.3 is 10.6 Å². The molecule has 2 rings (SSSR count). The van der Waals surface area contributed by atoms with E-state index in [9.17, 15) is 4.39 Å². The third-order valence-electron chi connectivity index (χ3n) is 3.21. The molecule has 0 aromatic heterocycles. The summed E-state index contributed by atoms with van der Waals surface area (Å²) in [5, 5.41) is 0.697. The Kier molecular flexibility index (Phi) is 4.63. The molecule has 0 saturated carbocycles. The molecular weight excluding hydrogens is 275 g/mol. The number of hydrogen-bond acceptors (Lipinski definition) is 2. The zero-order chi connectivity index (χ0) is 14.7. The van der Waals surface area contributed by atoms with Crippen molar-refractivity contribution in [1.29, 1.82) is 0 Å². The van der Waals surface area contributed by atoms with E-state index in [-0.39, 0.29) is 11.9 Å². The number of nitrogens with two attached hydrogens (primary N) is 1. The molecular formula is C16H18ClFN2. The Morgan fingerprint density at radius 2 is 1.95 bits per heavy atom. The van der Waals surface area contributed by atoms with Gasteiger partial charge in [0.15, 0.2) is 0 Å². The summed E-state index contributed by atoms with van der Waals surface area (Å²) >= 11 is 5.98. The third kappa shape index (κ3) is 3.30. The van der Waals surface area contributed by atoms with Crippen molar-refractivity contribution in [3.8, 4) is 0 Å². The lowest BCUT2D eigenvalue weighted by atomic mass is 10.0. The fourth-order valence-electron chi connectivity index (χ4n) is 2.30.